The molecule has 1 aromatic carbocycles. The molecular weight excluding hydrogens is 541 g/mol. The Morgan fingerprint density at radius 1 is 1.15 bits per heavy atom. The van der Waals surface area contributed by atoms with E-state index in [1.54, 1.807) is 12.1 Å². The van der Waals surface area contributed by atoms with Gasteiger partial charge in [-0.05, 0) is 63.3 Å². The minimum absolute atomic E-state index is 0.0906. The van der Waals surface area contributed by atoms with E-state index in [0.29, 0.717) is 36.3 Å². The van der Waals surface area contributed by atoms with Crippen LogP contribution in [0.3, 0.4) is 0 Å². The average molecular weight is 582 g/mol. The molecular formula is C31H40FN5O3S. The number of ether oxygens (including phenoxy) is 1. The molecule has 1 amide bonds. The molecule has 0 spiro atoms. The summed E-state index contributed by atoms with van der Waals surface area (Å²) in [5.41, 5.74) is 1.01. The number of hydrogen-bond donors (Lipinski definition) is 3. The van der Waals surface area contributed by atoms with E-state index in [2.05, 4.69) is 39.2 Å². The van der Waals surface area contributed by atoms with Crippen LogP contribution in [-0.2, 0) is 23.0 Å². The molecule has 8 nitrogen and oxygen atoms in total. The van der Waals surface area contributed by atoms with E-state index in [9.17, 15) is 13.4 Å². The number of nitrogens with one attached hydrogen (secondary N) is 3. The van der Waals surface area contributed by atoms with Crippen molar-refractivity contribution in [1.82, 2.24) is 20.0 Å². The normalized spacial score (nSPS) is 17.2. The lowest BCUT2D eigenvalue weighted by molar-refractivity contribution is 0.0977. The van der Waals surface area contributed by atoms with Crippen molar-refractivity contribution in [3.63, 3.8) is 0 Å². The van der Waals surface area contributed by atoms with Crippen molar-refractivity contribution in [2.75, 3.05) is 18.4 Å². The lowest BCUT2D eigenvalue weighted by atomic mass is 9.91. The van der Waals surface area contributed by atoms with Gasteiger partial charge in [-0.3, -0.25) is 9.52 Å². The van der Waals surface area contributed by atoms with Crippen molar-refractivity contribution in [3.8, 4) is 5.75 Å². The van der Waals surface area contributed by atoms with Gasteiger partial charge in [0.1, 0.15) is 18.2 Å². The first kappa shape index (κ1) is 30.6. The van der Waals surface area contributed by atoms with Crippen molar-refractivity contribution in [2.45, 2.75) is 76.5 Å². The maximum atomic E-state index is 14.7. The zero-order valence-corrected chi connectivity index (χ0v) is 25.2. The quantitative estimate of drug-likeness (QED) is 0.202. The summed E-state index contributed by atoms with van der Waals surface area (Å²) < 4.78 is 36.2. The number of benzene rings is 1. The molecule has 1 aliphatic rings. The van der Waals surface area contributed by atoms with Gasteiger partial charge in [-0.2, -0.15) is 4.39 Å². The summed E-state index contributed by atoms with van der Waals surface area (Å²) in [6.07, 6.45) is 3.17. The Labute approximate surface area is 244 Å². The summed E-state index contributed by atoms with van der Waals surface area (Å²) in [6.45, 7) is 12.2. The van der Waals surface area contributed by atoms with Gasteiger partial charge in [0, 0.05) is 35.3 Å². The van der Waals surface area contributed by atoms with Crippen LogP contribution in [0.15, 0.2) is 59.6 Å². The van der Waals surface area contributed by atoms with Gasteiger partial charge in [-0.1, -0.05) is 51.1 Å². The molecule has 1 fully saturated rings. The summed E-state index contributed by atoms with van der Waals surface area (Å²) in [7, 11) is -2.06. The fourth-order valence-corrected chi connectivity index (χ4v) is 5.59. The predicted molar refractivity (Wildman–Crippen MR) is 160 cm³/mol. The van der Waals surface area contributed by atoms with Crippen LogP contribution in [0.5, 0.6) is 5.75 Å². The fourth-order valence-electron chi connectivity index (χ4n) is 4.80. The van der Waals surface area contributed by atoms with Crippen LogP contribution in [0.4, 0.5) is 10.2 Å². The highest BCUT2D eigenvalue weighted by Gasteiger charge is 2.29. The molecule has 2 unspecified atom stereocenters. The van der Waals surface area contributed by atoms with Crippen molar-refractivity contribution in [3.05, 3.63) is 77.4 Å². The summed E-state index contributed by atoms with van der Waals surface area (Å²) in [6, 6.07) is 15.9. The summed E-state index contributed by atoms with van der Waals surface area (Å²) in [4.78, 5) is 21.2. The van der Waals surface area contributed by atoms with Gasteiger partial charge in [0.05, 0.1) is 5.56 Å². The number of nitrogens with zero attached hydrogens (tertiary/aromatic N) is 2. The SMILES string of the molecule is CC1(C)CC(CCCNc2cc(OCc3ccccc3)cc(S(=O)NC(=O)c3ccc(C(C)(C)C)nc3F)n2)CN1. The highest BCUT2D eigenvalue weighted by Crippen LogP contribution is 2.27. The van der Waals surface area contributed by atoms with Crippen LogP contribution in [0, 0.1) is 11.9 Å². The Morgan fingerprint density at radius 2 is 1.90 bits per heavy atom. The molecule has 3 heterocycles. The third-order valence-corrected chi connectivity index (χ3v) is 7.98. The van der Waals surface area contributed by atoms with Gasteiger partial charge in [0.25, 0.3) is 5.91 Å². The van der Waals surface area contributed by atoms with Crippen molar-refractivity contribution >= 4 is 22.7 Å². The number of carbonyl (C=O) groups excluding carboxylic acids is 1. The van der Waals surface area contributed by atoms with E-state index in [0.717, 1.165) is 31.4 Å². The minimum atomic E-state index is -2.06. The molecule has 10 heteroatoms. The molecule has 0 saturated carbocycles. The molecule has 1 saturated heterocycles. The number of aromatic nitrogens is 2. The summed E-state index contributed by atoms with van der Waals surface area (Å²) in [5, 5.41) is 6.95. The topological polar surface area (TPSA) is 105 Å². The predicted octanol–water partition coefficient (Wildman–Crippen LogP) is 5.53. The Balaban J connectivity index is 1.45. The first-order valence-corrected chi connectivity index (χ1v) is 15.1. The van der Waals surface area contributed by atoms with Gasteiger partial charge in [0.2, 0.25) is 5.95 Å². The molecule has 4 rings (SSSR count). The van der Waals surface area contributed by atoms with Gasteiger partial charge in [-0.15, -0.1) is 0 Å². The van der Waals surface area contributed by atoms with Gasteiger partial charge in [0.15, 0.2) is 16.0 Å². The highest BCUT2D eigenvalue weighted by molar-refractivity contribution is 7.83. The van der Waals surface area contributed by atoms with Crippen LogP contribution in [0.2, 0.25) is 0 Å². The van der Waals surface area contributed by atoms with Crippen LogP contribution in [0.1, 0.15) is 75.5 Å². The molecule has 220 valence electrons. The second-order valence-corrected chi connectivity index (χ2v) is 13.3. The molecule has 0 aliphatic carbocycles. The molecule has 41 heavy (non-hydrogen) atoms. The number of amides is 1. The minimum Gasteiger partial charge on any atom is -0.489 e. The number of anilines is 1. The van der Waals surface area contributed by atoms with Gasteiger partial charge >= 0.3 is 0 Å². The number of carbonyl (C=O) groups is 1. The van der Waals surface area contributed by atoms with E-state index < -0.39 is 22.8 Å². The third kappa shape index (κ3) is 8.81. The van der Waals surface area contributed by atoms with Gasteiger partial charge < -0.3 is 15.4 Å². The van der Waals surface area contributed by atoms with Crippen LogP contribution in [-0.4, -0.2) is 38.7 Å². The molecule has 1 aliphatic heterocycles. The Hall–Kier alpha value is -3.37. The standard InChI is InChI=1S/C31H40FN5O3S/c1-30(2,3)25-14-13-24(28(32)35-25)29(38)37-41(39)27-17-23(40-20-21-10-7-6-8-11-21)16-26(36-27)33-15-9-12-22-18-31(4,5)34-19-22/h6-8,10-11,13-14,16-17,22,34H,9,12,15,18-20H2,1-5H3,(H,33,36)(H,37,38). The maximum absolute atomic E-state index is 14.7. The van der Waals surface area contributed by atoms with E-state index in [4.69, 9.17) is 4.74 Å². The first-order chi connectivity index (χ1) is 19.4. The lowest BCUT2D eigenvalue weighted by Crippen LogP contribution is -2.31. The summed E-state index contributed by atoms with van der Waals surface area (Å²) in [5.74, 6) is -0.184. The Kier molecular flexibility index (Phi) is 9.76. The maximum Gasteiger partial charge on any atom is 0.267 e. The molecule has 3 N–H and O–H groups in total. The number of hydrogen-bond acceptors (Lipinski definition) is 7. The van der Waals surface area contributed by atoms with E-state index in [1.165, 1.54) is 12.1 Å². The van der Waals surface area contributed by atoms with E-state index in [-0.39, 0.29) is 21.5 Å². The van der Waals surface area contributed by atoms with E-state index >= 15 is 0 Å². The summed E-state index contributed by atoms with van der Waals surface area (Å²) >= 11 is 0. The second-order valence-electron chi connectivity index (χ2n) is 12.2. The van der Waals surface area contributed by atoms with E-state index in [1.807, 2.05) is 51.1 Å². The van der Waals surface area contributed by atoms with Crippen molar-refractivity contribution < 1.29 is 18.1 Å². The molecule has 2 aromatic heterocycles. The van der Waals surface area contributed by atoms with Crippen molar-refractivity contribution in [1.29, 1.82) is 0 Å². The zero-order chi connectivity index (χ0) is 29.6. The molecule has 0 radical (unpaired) electrons. The lowest BCUT2D eigenvalue weighted by Gasteiger charge is -2.18. The molecule has 2 atom stereocenters. The van der Waals surface area contributed by atoms with Crippen LogP contribution >= 0.6 is 0 Å². The number of rotatable bonds is 11. The smallest absolute Gasteiger partial charge is 0.267 e. The zero-order valence-electron chi connectivity index (χ0n) is 24.4. The fraction of sp³-hybridized carbons (Fsp3) is 0.452. The third-order valence-electron chi connectivity index (χ3n) is 7.02. The van der Waals surface area contributed by atoms with Gasteiger partial charge in [-0.25, -0.2) is 14.2 Å². The number of pyridine rings is 2. The molecule has 0 bridgehead atoms. The Morgan fingerprint density at radius 3 is 2.56 bits per heavy atom. The largest absolute Gasteiger partial charge is 0.489 e. The molecule has 3 aromatic rings. The number of halogens is 1. The Bertz CT molecular complexity index is 1380. The van der Waals surface area contributed by atoms with Crippen LogP contribution in [0.25, 0.3) is 0 Å². The monoisotopic (exact) mass is 581 g/mol. The average Bonchev–Trinajstić information content (AvgIpc) is 3.28. The highest BCUT2D eigenvalue weighted by atomic mass is 32.2. The van der Waals surface area contributed by atoms with Crippen molar-refractivity contribution in [2.24, 2.45) is 5.92 Å². The van der Waals surface area contributed by atoms with Crippen LogP contribution < -0.4 is 20.1 Å². The second kappa shape index (κ2) is 13.1. The first-order valence-electron chi connectivity index (χ1n) is 14.0.